The Morgan fingerprint density at radius 3 is 2.93 bits per heavy atom. The number of aliphatic hydroxyl groups excluding tert-OH is 1. The monoisotopic (exact) mass is 229 g/mol. The summed E-state index contributed by atoms with van der Waals surface area (Å²) in [5.74, 6) is 2.79. The molecule has 0 spiro atoms. The van der Waals surface area contributed by atoms with Crippen molar-refractivity contribution in [1.82, 2.24) is 4.98 Å². The number of aromatic nitrogens is 1. The number of hydrogen-bond acceptors (Lipinski definition) is 4. The maximum atomic E-state index is 9.20. The summed E-state index contributed by atoms with van der Waals surface area (Å²) in [5, 5.41) is 10.4. The molecule has 1 heterocycles. The van der Waals surface area contributed by atoms with Gasteiger partial charge < -0.3 is 5.11 Å². The number of hydrogen-bond donors (Lipinski definition) is 1. The summed E-state index contributed by atoms with van der Waals surface area (Å²) in [6.07, 6.45) is 2.52. The van der Waals surface area contributed by atoms with E-state index in [1.54, 1.807) is 11.3 Å². The molecule has 2 nitrogen and oxygen atoms in total. The molecular formula is C10H15NOS2. The van der Waals surface area contributed by atoms with Gasteiger partial charge in [-0.1, -0.05) is 6.92 Å². The molecular weight excluding hydrogens is 214 g/mol. The lowest BCUT2D eigenvalue weighted by Crippen LogP contribution is -1.87. The van der Waals surface area contributed by atoms with Crippen molar-refractivity contribution in [2.75, 3.05) is 5.75 Å². The molecule has 1 aliphatic rings. The highest BCUT2D eigenvalue weighted by atomic mass is 32.2. The van der Waals surface area contributed by atoms with Gasteiger partial charge in [0.25, 0.3) is 0 Å². The molecule has 0 bridgehead atoms. The summed E-state index contributed by atoms with van der Waals surface area (Å²) in [6.45, 7) is 2.33. The Balaban J connectivity index is 2.09. The maximum absolute atomic E-state index is 9.20. The van der Waals surface area contributed by atoms with E-state index in [9.17, 15) is 5.11 Å². The van der Waals surface area contributed by atoms with Crippen LogP contribution in [0.4, 0.5) is 0 Å². The minimum absolute atomic E-state index is 0.167. The van der Waals surface area contributed by atoms with Crippen molar-refractivity contribution in [3.63, 3.8) is 0 Å². The zero-order valence-electron chi connectivity index (χ0n) is 8.32. The maximum Gasteiger partial charge on any atom is 0.103 e. The van der Waals surface area contributed by atoms with Crippen molar-refractivity contribution in [3.05, 3.63) is 15.6 Å². The molecule has 1 fully saturated rings. The van der Waals surface area contributed by atoms with E-state index >= 15 is 0 Å². The van der Waals surface area contributed by atoms with Gasteiger partial charge in [-0.3, -0.25) is 0 Å². The van der Waals surface area contributed by atoms with E-state index in [4.69, 9.17) is 0 Å². The largest absolute Gasteiger partial charge is 0.391 e. The number of nitrogens with zero attached hydrogens (tertiary/aromatic N) is 1. The summed E-state index contributed by atoms with van der Waals surface area (Å²) >= 11 is 3.58. The van der Waals surface area contributed by atoms with Crippen molar-refractivity contribution in [1.29, 1.82) is 0 Å². The molecule has 0 atom stereocenters. The second-order valence-corrected chi connectivity index (χ2v) is 5.93. The first-order chi connectivity index (χ1) is 6.85. The van der Waals surface area contributed by atoms with Gasteiger partial charge in [-0.2, -0.15) is 11.8 Å². The van der Waals surface area contributed by atoms with Crippen LogP contribution in [0.3, 0.4) is 0 Å². The van der Waals surface area contributed by atoms with Crippen molar-refractivity contribution in [2.45, 2.75) is 38.0 Å². The van der Waals surface area contributed by atoms with Crippen LogP contribution in [0.2, 0.25) is 0 Å². The van der Waals surface area contributed by atoms with Gasteiger partial charge >= 0.3 is 0 Å². The first-order valence-corrected chi connectivity index (χ1v) is 6.99. The van der Waals surface area contributed by atoms with Crippen LogP contribution in [-0.2, 0) is 12.4 Å². The van der Waals surface area contributed by atoms with Crippen LogP contribution >= 0.6 is 23.1 Å². The fourth-order valence-electron chi connectivity index (χ4n) is 1.45. The van der Waals surface area contributed by atoms with Gasteiger partial charge in [0.15, 0.2) is 0 Å². The highest BCUT2D eigenvalue weighted by Gasteiger charge is 2.29. The zero-order valence-corrected chi connectivity index (χ0v) is 9.96. The molecule has 1 aromatic heterocycles. The van der Waals surface area contributed by atoms with E-state index in [1.165, 1.54) is 23.5 Å². The molecule has 1 aliphatic carbocycles. The molecule has 2 rings (SSSR count). The summed E-state index contributed by atoms with van der Waals surface area (Å²) in [4.78, 5) is 5.71. The summed E-state index contributed by atoms with van der Waals surface area (Å²) < 4.78 is 0. The summed E-state index contributed by atoms with van der Waals surface area (Å²) in [6, 6.07) is 0. The quantitative estimate of drug-likeness (QED) is 0.843. The first-order valence-electron chi connectivity index (χ1n) is 5.02. The van der Waals surface area contributed by atoms with Crippen molar-refractivity contribution in [2.24, 2.45) is 0 Å². The zero-order chi connectivity index (χ0) is 9.97. The lowest BCUT2D eigenvalue weighted by Gasteiger charge is -1.93. The van der Waals surface area contributed by atoms with E-state index in [-0.39, 0.29) is 6.61 Å². The Morgan fingerprint density at radius 2 is 2.36 bits per heavy atom. The predicted molar refractivity (Wildman–Crippen MR) is 61.8 cm³/mol. The average molecular weight is 229 g/mol. The molecule has 78 valence electrons. The Labute approximate surface area is 92.8 Å². The van der Waals surface area contributed by atoms with Crippen molar-refractivity contribution in [3.8, 4) is 0 Å². The van der Waals surface area contributed by atoms with Gasteiger partial charge in [0, 0.05) is 11.7 Å². The lowest BCUT2D eigenvalue weighted by atomic mass is 10.2. The molecule has 0 amide bonds. The van der Waals surface area contributed by atoms with Gasteiger partial charge in [0.2, 0.25) is 0 Å². The van der Waals surface area contributed by atoms with E-state index in [1.807, 2.05) is 11.8 Å². The molecule has 0 unspecified atom stereocenters. The molecule has 0 radical (unpaired) electrons. The third-order valence-electron chi connectivity index (χ3n) is 2.31. The van der Waals surface area contributed by atoms with Crippen LogP contribution in [0.25, 0.3) is 0 Å². The van der Waals surface area contributed by atoms with Gasteiger partial charge in [0.1, 0.15) is 5.01 Å². The molecule has 0 saturated heterocycles. The summed E-state index contributed by atoms with van der Waals surface area (Å²) in [7, 11) is 0. The number of thiazole rings is 1. The van der Waals surface area contributed by atoms with Gasteiger partial charge in [-0.25, -0.2) is 4.98 Å². The molecule has 0 aliphatic heterocycles. The minimum atomic E-state index is 0.167. The molecule has 14 heavy (non-hydrogen) atoms. The Bertz CT molecular complexity index is 307. The highest BCUT2D eigenvalue weighted by molar-refractivity contribution is 7.98. The first kappa shape index (κ1) is 10.5. The Kier molecular flexibility index (Phi) is 3.47. The minimum Gasteiger partial charge on any atom is -0.391 e. The van der Waals surface area contributed by atoms with E-state index in [0.717, 1.165) is 16.4 Å². The molecule has 1 saturated carbocycles. The normalized spacial score (nSPS) is 16.1. The van der Waals surface area contributed by atoms with Gasteiger partial charge in [-0.15, -0.1) is 11.3 Å². The molecule has 1 N–H and O–H groups in total. The van der Waals surface area contributed by atoms with Crippen LogP contribution in [0.15, 0.2) is 0 Å². The van der Waals surface area contributed by atoms with Crippen LogP contribution in [-0.4, -0.2) is 15.8 Å². The van der Waals surface area contributed by atoms with E-state index in [0.29, 0.717) is 5.92 Å². The van der Waals surface area contributed by atoms with Gasteiger partial charge in [0.05, 0.1) is 17.2 Å². The third-order valence-corrected chi connectivity index (χ3v) is 4.43. The van der Waals surface area contributed by atoms with Crippen molar-refractivity contribution >= 4 is 23.1 Å². The topological polar surface area (TPSA) is 33.1 Å². The van der Waals surface area contributed by atoms with E-state index in [2.05, 4.69) is 11.9 Å². The Morgan fingerprint density at radius 1 is 1.57 bits per heavy atom. The second kappa shape index (κ2) is 4.64. The lowest BCUT2D eigenvalue weighted by molar-refractivity contribution is 0.284. The fraction of sp³-hybridized carbons (Fsp3) is 0.700. The fourth-order valence-corrected chi connectivity index (χ4v) is 3.19. The summed E-state index contributed by atoms with van der Waals surface area (Å²) in [5.41, 5.74) is 1.18. The Hall–Kier alpha value is -0.0600. The molecule has 1 aromatic rings. The molecule has 0 aromatic carbocycles. The average Bonchev–Trinajstić information content (AvgIpc) is 2.96. The number of rotatable bonds is 5. The SMILES string of the molecule is CCSCc1nc(C2CC2)c(CO)s1. The van der Waals surface area contributed by atoms with E-state index < -0.39 is 0 Å². The van der Waals surface area contributed by atoms with Crippen LogP contribution in [0, 0.1) is 0 Å². The molecule has 4 heteroatoms. The van der Waals surface area contributed by atoms with Crippen LogP contribution < -0.4 is 0 Å². The predicted octanol–water partition coefficient (Wildman–Crippen LogP) is 2.77. The van der Waals surface area contributed by atoms with Crippen LogP contribution in [0.1, 0.15) is 41.3 Å². The number of thioether (sulfide) groups is 1. The van der Waals surface area contributed by atoms with Crippen LogP contribution in [0.5, 0.6) is 0 Å². The van der Waals surface area contributed by atoms with Gasteiger partial charge in [-0.05, 0) is 18.6 Å². The third kappa shape index (κ3) is 2.30. The highest BCUT2D eigenvalue weighted by Crippen LogP contribution is 2.42. The number of aliphatic hydroxyl groups is 1. The van der Waals surface area contributed by atoms with Crippen molar-refractivity contribution < 1.29 is 5.11 Å². The second-order valence-electron chi connectivity index (χ2n) is 3.49. The standard InChI is InChI=1S/C10H15NOS2/c1-2-13-6-9-11-10(7-3-4-7)8(5-12)14-9/h7,12H,2-6H2,1H3. The smallest absolute Gasteiger partial charge is 0.103 e.